The van der Waals surface area contributed by atoms with Crippen molar-refractivity contribution in [2.75, 3.05) is 11.4 Å². The number of piperidine rings is 1. The smallest absolute Gasteiger partial charge is 0.326 e. The fraction of sp³-hybridized carbons (Fsp3) is 0.429. The van der Waals surface area contributed by atoms with Gasteiger partial charge in [0.25, 0.3) is 0 Å². The van der Waals surface area contributed by atoms with Crippen molar-refractivity contribution in [3.05, 3.63) is 28.8 Å². The zero-order valence-corrected chi connectivity index (χ0v) is 11.4. The summed E-state index contributed by atoms with van der Waals surface area (Å²) in [5.74, 6) is -0.475. The van der Waals surface area contributed by atoms with Crippen molar-refractivity contribution < 1.29 is 9.90 Å². The Morgan fingerprint density at radius 1 is 1.58 bits per heavy atom. The van der Waals surface area contributed by atoms with E-state index >= 15 is 0 Å². The van der Waals surface area contributed by atoms with Crippen LogP contribution in [0.3, 0.4) is 0 Å². The molecule has 0 bridgehead atoms. The Hall–Kier alpha value is -1.73. The maximum Gasteiger partial charge on any atom is 0.326 e. The van der Waals surface area contributed by atoms with Gasteiger partial charge in [-0.3, -0.25) is 0 Å². The summed E-state index contributed by atoms with van der Waals surface area (Å²) in [5.41, 5.74) is 0.972. The van der Waals surface area contributed by atoms with Gasteiger partial charge in [-0.1, -0.05) is 24.6 Å². The van der Waals surface area contributed by atoms with Crippen LogP contribution in [-0.4, -0.2) is 23.7 Å². The predicted molar refractivity (Wildman–Crippen MR) is 73.3 cm³/mol. The molecule has 5 heteroatoms. The van der Waals surface area contributed by atoms with Crippen molar-refractivity contribution >= 4 is 23.3 Å². The van der Waals surface area contributed by atoms with Crippen molar-refractivity contribution in [1.29, 1.82) is 5.26 Å². The highest BCUT2D eigenvalue weighted by atomic mass is 35.5. The van der Waals surface area contributed by atoms with Crippen molar-refractivity contribution in [2.24, 2.45) is 5.92 Å². The Bertz CT molecular complexity index is 539. The number of nitrogens with zero attached hydrogens (tertiary/aromatic N) is 2. The van der Waals surface area contributed by atoms with Crippen molar-refractivity contribution in [1.82, 2.24) is 0 Å². The third-order valence-electron chi connectivity index (χ3n) is 3.56. The molecule has 0 aliphatic carbocycles. The number of benzene rings is 1. The van der Waals surface area contributed by atoms with E-state index in [0.29, 0.717) is 35.2 Å². The molecule has 1 aromatic rings. The Kier molecular flexibility index (Phi) is 3.96. The van der Waals surface area contributed by atoms with Gasteiger partial charge in [0.05, 0.1) is 16.3 Å². The normalized spacial score (nSPS) is 22.9. The Balaban J connectivity index is 2.42. The lowest BCUT2D eigenvalue weighted by molar-refractivity contribution is -0.139. The highest BCUT2D eigenvalue weighted by Gasteiger charge is 2.33. The van der Waals surface area contributed by atoms with Crippen LogP contribution >= 0.6 is 11.6 Å². The highest BCUT2D eigenvalue weighted by molar-refractivity contribution is 6.32. The fourth-order valence-corrected chi connectivity index (χ4v) is 2.74. The highest BCUT2D eigenvalue weighted by Crippen LogP contribution is 2.33. The number of carbonyl (C=O) groups is 1. The maximum atomic E-state index is 11.4. The minimum absolute atomic E-state index is 0.352. The van der Waals surface area contributed by atoms with Gasteiger partial charge >= 0.3 is 5.97 Å². The largest absolute Gasteiger partial charge is 0.480 e. The Morgan fingerprint density at radius 2 is 2.32 bits per heavy atom. The topological polar surface area (TPSA) is 64.3 Å². The van der Waals surface area contributed by atoms with E-state index in [1.165, 1.54) is 0 Å². The van der Waals surface area contributed by atoms with E-state index in [9.17, 15) is 15.2 Å². The van der Waals surface area contributed by atoms with Crippen LogP contribution in [0.5, 0.6) is 0 Å². The van der Waals surface area contributed by atoms with Crippen LogP contribution in [0, 0.1) is 17.2 Å². The van der Waals surface area contributed by atoms with E-state index in [2.05, 4.69) is 13.0 Å². The molecular weight excluding hydrogens is 264 g/mol. The number of carboxylic acid groups (broad SMARTS) is 1. The molecule has 1 N–H and O–H groups in total. The van der Waals surface area contributed by atoms with E-state index in [0.717, 1.165) is 6.42 Å². The summed E-state index contributed by atoms with van der Waals surface area (Å²) >= 11 is 6.01. The molecule has 1 fully saturated rings. The molecule has 4 nitrogen and oxygen atoms in total. The lowest BCUT2D eigenvalue weighted by Crippen LogP contribution is -2.47. The van der Waals surface area contributed by atoms with Gasteiger partial charge in [0.1, 0.15) is 12.1 Å². The van der Waals surface area contributed by atoms with Gasteiger partial charge in [-0.25, -0.2) is 4.79 Å². The van der Waals surface area contributed by atoms with Gasteiger partial charge in [0, 0.05) is 6.54 Å². The lowest BCUT2D eigenvalue weighted by atomic mass is 9.91. The summed E-state index contributed by atoms with van der Waals surface area (Å²) in [6.07, 6.45) is 1.51. The van der Waals surface area contributed by atoms with Gasteiger partial charge in [-0.05, 0) is 30.9 Å². The number of nitriles is 1. The summed E-state index contributed by atoms with van der Waals surface area (Å²) in [6.45, 7) is 2.68. The summed E-state index contributed by atoms with van der Waals surface area (Å²) < 4.78 is 0. The Morgan fingerprint density at radius 3 is 2.95 bits per heavy atom. The van der Waals surface area contributed by atoms with Crippen molar-refractivity contribution in [3.8, 4) is 6.07 Å². The third kappa shape index (κ3) is 2.66. The number of rotatable bonds is 2. The molecule has 100 valence electrons. The van der Waals surface area contributed by atoms with E-state index < -0.39 is 12.0 Å². The van der Waals surface area contributed by atoms with E-state index in [-0.39, 0.29) is 0 Å². The number of anilines is 1. The Labute approximate surface area is 117 Å². The van der Waals surface area contributed by atoms with Crippen LogP contribution in [-0.2, 0) is 4.79 Å². The molecule has 0 aromatic heterocycles. The number of halogens is 1. The average molecular weight is 279 g/mol. The second kappa shape index (κ2) is 5.50. The first-order chi connectivity index (χ1) is 9.04. The first kappa shape index (κ1) is 13.7. The van der Waals surface area contributed by atoms with Crippen molar-refractivity contribution in [3.63, 3.8) is 0 Å². The van der Waals surface area contributed by atoms with E-state index in [1.807, 2.05) is 0 Å². The number of aliphatic carboxylic acids is 1. The monoisotopic (exact) mass is 278 g/mol. The molecule has 1 aliphatic rings. The number of hydrogen-bond donors (Lipinski definition) is 1. The molecule has 1 aliphatic heterocycles. The summed E-state index contributed by atoms with van der Waals surface area (Å²) in [4.78, 5) is 13.2. The quantitative estimate of drug-likeness (QED) is 0.903. The first-order valence-electron chi connectivity index (χ1n) is 6.22. The standard InChI is InChI=1S/C14H15ClN2O2/c1-9-5-6-17(13(7-9)14(18)19)12-4-2-3-11(15)10(12)8-16/h2-4,9,13H,5-7H2,1H3,(H,18,19). The van der Waals surface area contributed by atoms with Gasteiger partial charge in [-0.2, -0.15) is 5.26 Å². The van der Waals surface area contributed by atoms with Crippen LogP contribution < -0.4 is 4.90 Å². The molecule has 1 heterocycles. The molecule has 19 heavy (non-hydrogen) atoms. The lowest BCUT2D eigenvalue weighted by Gasteiger charge is -2.38. The molecule has 0 saturated carbocycles. The van der Waals surface area contributed by atoms with Crippen LogP contribution in [0.15, 0.2) is 18.2 Å². The predicted octanol–water partition coefficient (Wildman–Crippen LogP) is 2.90. The zero-order valence-electron chi connectivity index (χ0n) is 10.6. The van der Waals surface area contributed by atoms with Gasteiger partial charge in [-0.15, -0.1) is 0 Å². The average Bonchev–Trinajstić information content (AvgIpc) is 2.38. The minimum Gasteiger partial charge on any atom is -0.480 e. The first-order valence-corrected chi connectivity index (χ1v) is 6.60. The summed E-state index contributed by atoms with van der Waals surface area (Å²) in [7, 11) is 0. The minimum atomic E-state index is -0.851. The second-order valence-corrected chi connectivity index (χ2v) is 5.33. The van der Waals surface area contributed by atoms with Gasteiger partial charge in [0.15, 0.2) is 0 Å². The summed E-state index contributed by atoms with van der Waals surface area (Å²) in [6, 6.07) is 6.63. The van der Waals surface area contributed by atoms with E-state index in [4.69, 9.17) is 11.6 Å². The molecule has 1 aromatic carbocycles. The second-order valence-electron chi connectivity index (χ2n) is 4.92. The molecule has 0 amide bonds. The third-order valence-corrected chi connectivity index (χ3v) is 3.88. The van der Waals surface area contributed by atoms with Gasteiger partial charge < -0.3 is 10.0 Å². The van der Waals surface area contributed by atoms with Gasteiger partial charge in [0.2, 0.25) is 0 Å². The van der Waals surface area contributed by atoms with Crippen LogP contribution in [0.4, 0.5) is 5.69 Å². The van der Waals surface area contributed by atoms with E-state index in [1.54, 1.807) is 23.1 Å². The molecular formula is C14H15ClN2O2. The fourth-order valence-electron chi connectivity index (χ4n) is 2.53. The van der Waals surface area contributed by atoms with Crippen LogP contribution in [0.1, 0.15) is 25.3 Å². The molecule has 1 saturated heterocycles. The van der Waals surface area contributed by atoms with Crippen molar-refractivity contribution in [2.45, 2.75) is 25.8 Å². The molecule has 2 atom stereocenters. The molecule has 2 rings (SSSR count). The zero-order chi connectivity index (χ0) is 14.0. The SMILES string of the molecule is CC1CCN(c2cccc(Cl)c2C#N)C(C(=O)O)C1. The molecule has 2 unspecified atom stereocenters. The maximum absolute atomic E-state index is 11.4. The summed E-state index contributed by atoms with van der Waals surface area (Å²) in [5, 5.41) is 18.9. The molecule has 0 radical (unpaired) electrons. The number of carboxylic acids is 1. The number of hydrogen-bond acceptors (Lipinski definition) is 3. The van der Waals surface area contributed by atoms with Crippen LogP contribution in [0.2, 0.25) is 5.02 Å². The molecule has 0 spiro atoms. The van der Waals surface area contributed by atoms with Crippen LogP contribution in [0.25, 0.3) is 0 Å².